The van der Waals surface area contributed by atoms with E-state index in [1.807, 2.05) is 24.3 Å². The normalized spacial score (nSPS) is 15.9. The van der Waals surface area contributed by atoms with Gasteiger partial charge in [-0.1, -0.05) is 18.2 Å². The minimum atomic E-state index is -0.809. The Kier molecular flexibility index (Phi) is 4.80. The molecule has 104 valence electrons. The maximum absolute atomic E-state index is 10.7. The Morgan fingerprint density at radius 3 is 2.74 bits per heavy atom. The fraction of sp³-hybridized carbons (Fsp3) is 0.533. The summed E-state index contributed by atoms with van der Waals surface area (Å²) in [5, 5.41) is 8.79. The van der Waals surface area contributed by atoms with Crippen molar-refractivity contribution in [2.75, 3.05) is 13.6 Å². The van der Waals surface area contributed by atoms with Crippen LogP contribution < -0.4 is 4.74 Å². The molecule has 19 heavy (non-hydrogen) atoms. The molecule has 2 rings (SSSR count). The van der Waals surface area contributed by atoms with Crippen LogP contribution in [0, 0.1) is 0 Å². The highest BCUT2D eigenvalue weighted by Gasteiger charge is 2.18. The minimum absolute atomic E-state index is 0.0394. The first-order chi connectivity index (χ1) is 9.15. The summed E-state index contributed by atoms with van der Waals surface area (Å²) in [4.78, 5) is 12.5. The molecule has 1 saturated carbocycles. The van der Waals surface area contributed by atoms with E-state index in [1.165, 1.54) is 12.8 Å². The number of ether oxygens (including phenoxy) is 1. The van der Waals surface area contributed by atoms with Gasteiger partial charge in [-0.05, 0) is 38.8 Å². The summed E-state index contributed by atoms with van der Waals surface area (Å²) < 4.78 is 6.04. The standard InChI is InChI=1S/C15H21NO3/c1-16(11-15(17)18)10-12-6-2-5-9-14(12)19-13-7-3-4-8-13/h2,5-6,9,13H,3-4,7-8,10-11H2,1H3,(H,17,18). The first-order valence-electron chi connectivity index (χ1n) is 6.80. The quantitative estimate of drug-likeness (QED) is 0.857. The summed E-state index contributed by atoms with van der Waals surface area (Å²) in [5.74, 6) is 0.0864. The first kappa shape index (κ1) is 13.9. The van der Waals surface area contributed by atoms with Crippen molar-refractivity contribution in [3.63, 3.8) is 0 Å². The maximum atomic E-state index is 10.7. The molecule has 1 N–H and O–H groups in total. The van der Waals surface area contributed by atoms with Gasteiger partial charge < -0.3 is 9.84 Å². The van der Waals surface area contributed by atoms with Gasteiger partial charge in [0, 0.05) is 12.1 Å². The van der Waals surface area contributed by atoms with E-state index >= 15 is 0 Å². The molecule has 0 aliphatic heterocycles. The van der Waals surface area contributed by atoms with E-state index in [4.69, 9.17) is 9.84 Å². The summed E-state index contributed by atoms with van der Waals surface area (Å²) in [6, 6.07) is 7.90. The lowest BCUT2D eigenvalue weighted by Gasteiger charge is -2.19. The fourth-order valence-electron chi connectivity index (χ4n) is 2.51. The van der Waals surface area contributed by atoms with Crippen molar-refractivity contribution in [1.82, 2.24) is 4.90 Å². The molecule has 0 spiro atoms. The van der Waals surface area contributed by atoms with Crippen LogP contribution in [-0.4, -0.2) is 35.7 Å². The molecular formula is C15H21NO3. The molecule has 0 saturated heterocycles. The van der Waals surface area contributed by atoms with E-state index in [1.54, 1.807) is 11.9 Å². The number of aliphatic carboxylic acids is 1. The van der Waals surface area contributed by atoms with E-state index in [0.717, 1.165) is 24.2 Å². The number of hydrogen-bond acceptors (Lipinski definition) is 3. The van der Waals surface area contributed by atoms with Gasteiger partial charge in [0.25, 0.3) is 0 Å². The number of carboxylic acids is 1. The Balaban J connectivity index is 2.00. The smallest absolute Gasteiger partial charge is 0.317 e. The molecule has 1 aromatic carbocycles. The van der Waals surface area contributed by atoms with Crippen molar-refractivity contribution in [3.05, 3.63) is 29.8 Å². The number of para-hydroxylation sites is 1. The number of likely N-dealkylation sites (N-methyl/N-ethyl adjacent to an activating group) is 1. The van der Waals surface area contributed by atoms with Crippen LogP contribution in [0.3, 0.4) is 0 Å². The van der Waals surface area contributed by atoms with Crippen molar-refractivity contribution in [2.45, 2.75) is 38.3 Å². The first-order valence-corrected chi connectivity index (χ1v) is 6.80. The van der Waals surface area contributed by atoms with Crippen molar-refractivity contribution >= 4 is 5.97 Å². The third-order valence-electron chi connectivity index (χ3n) is 3.41. The molecule has 0 heterocycles. The van der Waals surface area contributed by atoms with Gasteiger partial charge in [-0.15, -0.1) is 0 Å². The zero-order valence-corrected chi connectivity index (χ0v) is 11.3. The maximum Gasteiger partial charge on any atom is 0.317 e. The SMILES string of the molecule is CN(CC(=O)O)Cc1ccccc1OC1CCCC1. The highest BCUT2D eigenvalue weighted by Crippen LogP contribution is 2.27. The summed E-state index contributed by atoms with van der Waals surface area (Å²) >= 11 is 0. The van der Waals surface area contributed by atoms with Gasteiger partial charge in [-0.3, -0.25) is 9.69 Å². The predicted octanol–water partition coefficient (Wildman–Crippen LogP) is 2.52. The molecule has 0 bridgehead atoms. The van der Waals surface area contributed by atoms with Crippen molar-refractivity contribution in [3.8, 4) is 5.75 Å². The topological polar surface area (TPSA) is 49.8 Å². The number of carbonyl (C=O) groups is 1. The van der Waals surface area contributed by atoms with Crippen LogP contribution in [0.1, 0.15) is 31.2 Å². The molecular weight excluding hydrogens is 242 g/mol. The van der Waals surface area contributed by atoms with Crippen LogP contribution in [0.15, 0.2) is 24.3 Å². The van der Waals surface area contributed by atoms with Gasteiger partial charge in [-0.25, -0.2) is 0 Å². The van der Waals surface area contributed by atoms with E-state index in [0.29, 0.717) is 12.6 Å². The monoisotopic (exact) mass is 263 g/mol. The average molecular weight is 263 g/mol. The van der Waals surface area contributed by atoms with Gasteiger partial charge in [0.05, 0.1) is 12.6 Å². The van der Waals surface area contributed by atoms with Crippen molar-refractivity contribution < 1.29 is 14.6 Å². The average Bonchev–Trinajstić information content (AvgIpc) is 2.83. The summed E-state index contributed by atoms with van der Waals surface area (Å²) in [5.41, 5.74) is 1.05. The van der Waals surface area contributed by atoms with Gasteiger partial charge in [0.1, 0.15) is 5.75 Å². The number of benzene rings is 1. The molecule has 0 amide bonds. The van der Waals surface area contributed by atoms with Crippen molar-refractivity contribution in [1.29, 1.82) is 0 Å². The van der Waals surface area contributed by atoms with Crippen LogP contribution in [0.4, 0.5) is 0 Å². The van der Waals surface area contributed by atoms with Gasteiger partial charge in [0.2, 0.25) is 0 Å². The molecule has 0 atom stereocenters. The Morgan fingerprint density at radius 1 is 1.37 bits per heavy atom. The second-order valence-corrected chi connectivity index (χ2v) is 5.20. The van der Waals surface area contributed by atoms with E-state index < -0.39 is 5.97 Å². The third kappa shape index (κ3) is 4.24. The highest BCUT2D eigenvalue weighted by molar-refractivity contribution is 5.69. The summed E-state index contributed by atoms with van der Waals surface area (Å²) in [7, 11) is 1.81. The highest BCUT2D eigenvalue weighted by atomic mass is 16.5. The molecule has 4 heteroatoms. The molecule has 1 aliphatic carbocycles. The van der Waals surface area contributed by atoms with Crippen LogP contribution in [0.2, 0.25) is 0 Å². The second kappa shape index (κ2) is 6.57. The summed E-state index contributed by atoms with van der Waals surface area (Å²) in [6.45, 7) is 0.632. The van der Waals surface area contributed by atoms with Gasteiger partial charge in [-0.2, -0.15) is 0 Å². The molecule has 1 aromatic rings. The predicted molar refractivity (Wildman–Crippen MR) is 73.3 cm³/mol. The molecule has 0 aromatic heterocycles. The van der Waals surface area contributed by atoms with Gasteiger partial charge >= 0.3 is 5.97 Å². The number of nitrogens with zero attached hydrogens (tertiary/aromatic N) is 1. The Bertz CT molecular complexity index is 427. The Labute approximate surface area is 114 Å². The zero-order chi connectivity index (χ0) is 13.7. The molecule has 4 nitrogen and oxygen atoms in total. The number of rotatable bonds is 6. The molecule has 0 radical (unpaired) electrons. The molecule has 0 unspecified atom stereocenters. The second-order valence-electron chi connectivity index (χ2n) is 5.20. The van der Waals surface area contributed by atoms with Crippen LogP contribution in [0.5, 0.6) is 5.75 Å². The van der Waals surface area contributed by atoms with Crippen LogP contribution in [-0.2, 0) is 11.3 Å². The number of carboxylic acid groups (broad SMARTS) is 1. The number of hydrogen-bond donors (Lipinski definition) is 1. The Hall–Kier alpha value is -1.55. The van der Waals surface area contributed by atoms with E-state index in [9.17, 15) is 4.79 Å². The van der Waals surface area contributed by atoms with E-state index in [-0.39, 0.29) is 6.54 Å². The van der Waals surface area contributed by atoms with Crippen molar-refractivity contribution in [2.24, 2.45) is 0 Å². The van der Waals surface area contributed by atoms with Crippen LogP contribution in [0.25, 0.3) is 0 Å². The van der Waals surface area contributed by atoms with E-state index in [2.05, 4.69) is 0 Å². The van der Waals surface area contributed by atoms with Gasteiger partial charge in [0.15, 0.2) is 0 Å². The Morgan fingerprint density at radius 2 is 2.05 bits per heavy atom. The van der Waals surface area contributed by atoms with Crippen LogP contribution >= 0.6 is 0 Å². The summed E-state index contributed by atoms with van der Waals surface area (Å²) in [6.07, 6.45) is 5.06. The zero-order valence-electron chi connectivity index (χ0n) is 11.3. The lowest BCUT2D eigenvalue weighted by molar-refractivity contribution is -0.138. The molecule has 1 fully saturated rings. The minimum Gasteiger partial charge on any atom is -0.490 e. The lowest BCUT2D eigenvalue weighted by Crippen LogP contribution is -2.25. The largest absolute Gasteiger partial charge is 0.490 e. The lowest BCUT2D eigenvalue weighted by atomic mass is 10.2. The third-order valence-corrected chi connectivity index (χ3v) is 3.41. The molecule has 1 aliphatic rings. The fourth-order valence-corrected chi connectivity index (χ4v) is 2.51.